The van der Waals surface area contributed by atoms with E-state index in [9.17, 15) is 0 Å². The first-order chi connectivity index (χ1) is 8.91. The van der Waals surface area contributed by atoms with E-state index < -0.39 is 0 Å². The van der Waals surface area contributed by atoms with Crippen LogP contribution < -0.4 is 0 Å². The van der Waals surface area contributed by atoms with Gasteiger partial charge in [0.25, 0.3) is 0 Å². The summed E-state index contributed by atoms with van der Waals surface area (Å²) in [6.45, 7) is 10.3. The number of hydrogen-bond donors (Lipinski definition) is 0. The van der Waals surface area contributed by atoms with Crippen molar-refractivity contribution in [1.82, 2.24) is 0 Å². The largest absolute Gasteiger partial charge is 0.665 e. The molecule has 0 saturated heterocycles. The minimum Gasteiger partial charge on any atom is -0.665 e. The van der Waals surface area contributed by atoms with E-state index in [2.05, 4.69) is 34.7 Å². The van der Waals surface area contributed by atoms with Crippen molar-refractivity contribution in [2.24, 2.45) is 9.26 Å². The fraction of sp³-hybridized carbons (Fsp3) is 0.938. The molecule has 3 nitrogen and oxygen atoms in total. The Morgan fingerprint density at radius 3 is 1.75 bits per heavy atom. The van der Waals surface area contributed by atoms with E-state index >= 15 is 0 Å². The van der Waals surface area contributed by atoms with Crippen LogP contribution in [0.4, 0.5) is 0 Å². The third kappa shape index (κ3) is 23.5. The molecule has 0 N–H and O–H groups in total. The molecule has 0 aromatic heterocycles. The van der Waals surface area contributed by atoms with Crippen LogP contribution in [0.2, 0.25) is 0 Å². The maximum absolute atomic E-state index is 4.10. The summed E-state index contributed by atoms with van der Waals surface area (Å²) in [6.07, 6.45) is 7.21. The van der Waals surface area contributed by atoms with Crippen LogP contribution in [0.1, 0.15) is 59.8 Å². The fourth-order valence-electron chi connectivity index (χ4n) is 1.61. The van der Waals surface area contributed by atoms with Crippen molar-refractivity contribution >= 4 is 0 Å². The Morgan fingerprint density at radius 1 is 1.10 bits per heavy atom. The zero-order chi connectivity index (χ0) is 15.1. The van der Waals surface area contributed by atoms with Crippen LogP contribution in [0.15, 0.2) is 3.34 Å². The van der Waals surface area contributed by atoms with E-state index in [-0.39, 0.29) is 13.0 Å². The topological polar surface area (TPSA) is 40.6 Å². The molecule has 123 valence electrons. The minimum absolute atomic E-state index is 0. The Balaban J connectivity index is -0.000000232. The minimum atomic E-state index is 0. The smallest absolute Gasteiger partial charge is 0.0431 e. The molecule has 0 aromatic carbocycles. The first-order valence-electron chi connectivity index (χ1n) is 7.38. The summed E-state index contributed by atoms with van der Waals surface area (Å²) in [5, 5.41) is 7.84. The van der Waals surface area contributed by atoms with Crippen LogP contribution in [0.3, 0.4) is 0 Å². The predicted molar refractivity (Wildman–Crippen MR) is 89.1 cm³/mol. The SMILES string of the molecule is CC(C)(C)[N]=[Nb].CC[N-]C.C[N-]CCC1CCCC1.[CH3-]. The summed E-state index contributed by atoms with van der Waals surface area (Å²) < 4.78 is 4.07. The molecule has 0 radical (unpaired) electrons. The molecule has 20 heavy (non-hydrogen) atoms. The molecule has 0 spiro atoms. The van der Waals surface area contributed by atoms with Crippen LogP contribution in [-0.2, 0) is 20.9 Å². The molecular formula is C16H36N3Nb-3. The Kier molecular flexibility index (Phi) is 22.3. The molecule has 1 aliphatic rings. The number of hydrogen-bond acceptors (Lipinski definition) is 1. The van der Waals surface area contributed by atoms with Gasteiger partial charge in [-0.1, -0.05) is 39.0 Å². The summed E-state index contributed by atoms with van der Waals surface area (Å²) in [4.78, 5) is 0. The van der Waals surface area contributed by atoms with Crippen molar-refractivity contribution in [3.63, 3.8) is 0 Å². The molecule has 0 aromatic rings. The molecule has 0 bridgehead atoms. The Morgan fingerprint density at radius 2 is 1.50 bits per heavy atom. The van der Waals surface area contributed by atoms with Gasteiger partial charge in [0, 0.05) is 0 Å². The average molecular weight is 363 g/mol. The Bertz CT molecular complexity index is 183. The van der Waals surface area contributed by atoms with Crippen molar-refractivity contribution in [3.8, 4) is 0 Å². The maximum Gasteiger partial charge on any atom is -0.0431 e. The van der Waals surface area contributed by atoms with E-state index in [1.54, 1.807) is 7.05 Å². The maximum atomic E-state index is 4.10. The van der Waals surface area contributed by atoms with Crippen molar-refractivity contribution in [2.45, 2.75) is 65.3 Å². The van der Waals surface area contributed by atoms with E-state index in [0.717, 1.165) is 19.0 Å². The van der Waals surface area contributed by atoms with Gasteiger partial charge in [0.15, 0.2) is 0 Å². The van der Waals surface area contributed by atoms with Gasteiger partial charge in [-0.25, -0.2) is 0 Å². The van der Waals surface area contributed by atoms with Crippen molar-refractivity contribution in [1.29, 1.82) is 0 Å². The quantitative estimate of drug-likeness (QED) is 0.464. The molecule has 1 saturated carbocycles. The third-order valence-corrected chi connectivity index (χ3v) is 4.33. The average Bonchev–Trinajstić information content (AvgIpc) is 2.89. The van der Waals surface area contributed by atoms with Crippen LogP contribution in [0, 0.1) is 13.3 Å². The molecule has 0 unspecified atom stereocenters. The fourth-order valence-corrected chi connectivity index (χ4v) is 1.61. The van der Waals surface area contributed by atoms with Gasteiger partial charge in [-0.2, -0.15) is 20.6 Å². The molecule has 1 aliphatic carbocycles. The standard InChI is InChI=1S/C8H16N.C4H9N.C3H8N.CH3.Nb/c1-9-7-6-8-4-2-3-5-8;1-4(2,3)5;1-3-4-2;;/h8H,2-7H2,1H3;1-3H3;3H2,1-2H3;1H3;/q-1;;2*-1;. The zero-order valence-electron chi connectivity index (χ0n) is 14.8. The van der Waals surface area contributed by atoms with Gasteiger partial charge in [0.05, 0.1) is 0 Å². The van der Waals surface area contributed by atoms with Crippen LogP contribution in [0.25, 0.3) is 10.6 Å². The summed E-state index contributed by atoms with van der Waals surface area (Å²) in [6, 6.07) is 0. The number of rotatable bonds is 4. The Hall–Kier alpha value is 0.460. The van der Waals surface area contributed by atoms with Crippen molar-refractivity contribution in [2.75, 3.05) is 27.2 Å². The van der Waals surface area contributed by atoms with Gasteiger partial charge in [0.1, 0.15) is 0 Å². The molecule has 1 rings (SSSR count). The second-order valence-electron chi connectivity index (χ2n) is 5.88. The third-order valence-electron chi connectivity index (χ3n) is 2.85. The van der Waals surface area contributed by atoms with Gasteiger partial charge in [-0.3, -0.25) is 0 Å². The van der Waals surface area contributed by atoms with E-state index in [4.69, 9.17) is 0 Å². The molecular weight excluding hydrogens is 327 g/mol. The van der Waals surface area contributed by atoms with Gasteiger partial charge >= 0.3 is 50.5 Å². The Labute approximate surface area is 140 Å². The van der Waals surface area contributed by atoms with E-state index in [1.807, 2.05) is 14.0 Å². The second-order valence-corrected chi connectivity index (χ2v) is 6.37. The zero-order valence-corrected chi connectivity index (χ0v) is 17.0. The van der Waals surface area contributed by atoms with E-state index in [1.165, 1.54) is 53.0 Å². The van der Waals surface area contributed by atoms with Crippen LogP contribution >= 0.6 is 0 Å². The van der Waals surface area contributed by atoms with Crippen molar-refractivity contribution in [3.05, 3.63) is 18.1 Å². The second kappa shape index (κ2) is 17.5. The van der Waals surface area contributed by atoms with Gasteiger partial charge < -0.3 is 18.1 Å². The van der Waals surface area contributed by atoms with Crippen LogP contribution in [-0.4, -0.2) is 32.7 Å². The van der Waals surface area contributed by atoms with Gasteiger partial charge in [0.2, 0.25) is 0 Å². The van der Waals surface area contributed by atoms with E-state index in [0.29, 0.717) is 0 Å². The summed E-state index contributed by atoms with van der Waals surface area (Å²) >= 11 is 1.52. The van der Waals surface area contributed by atoms with Crippen molar-refractivity contribution < 1.29 is 20.9 Å². The normalized spacial score (nSPS) is 14.2. The molecule has 4 heteroatoms. The van der Waals surface area contributed by atoms with Crippen LogP contribution in [0.5, 0.6) is 0 Å². The first-order valence-corrected chi connectivity index (χ1v) is 8.37. The summed E-state index contributed by atoms with van der Waals surface area (Å²) in [5.41, 5.74) is 0.189. The molecule has 0 aliphatic heterocycles. The molecule has 1 fully saturated rings. The summed E-state index contributed by atoms with van der Waals surface area (Å²) in [7, 11) is 3.72. The molecule has 0 atom stereocenters. The first kappa shape index (κ1) is 25.4. The van der Waals surface area contributed by atoms with Gasteiger partial charge in [-0.05, 0) is 5.92 Å². The predicted octanol–water partition coefficient (Wildman–Crippen LogP) is 5.55. The monoisotopic (exact) mass is 363 g/mol. The molecule has 0 heterocycles. The molecule has 0 amide bonds. The van der Waals surface area contributed by atoms with Gasteiger partial charge in [-0.15, -0.1) is 6.54 Å². The number of nitrogens with zero attached hydrogens (tertiary/aromatic N) is 3. The summed E-state index contributed by atoms with van der Waals surface area (Å²) in [5.74, 6) is 1.02.